The fourth-order valence-electron chi connectivity index (χ4n) is 1.46. The minimum atomic E-state index is -0.564. The molecule has 88 valence electrons. The molecular formula is C11H15FN2O2. The predicted molar refractivity (Wildman–Crippen MR) is 58.8 cm³/mol. The molecule has 0 aliphatic carbocycles. The Morgan fingerprint density at radius 1 is 1.44 bits per heavy atom. The molecule has 0 aliphatic heterocycles. The number of carbonyl (C=O) groups is 1. The van der Waals surface area contributed by atoms with Crippen LogP contribution in [0, 0.1) is 5.82 Å². The molecule has 1 rings (SSSR count). The third-order valence-corrected chi connectivity index (χ3v) is 2.31. The molecule has 1 amide bonds. The Morgan fingerprint density at radius 2 is 2.12 bits per heavy atom. The van der Waals surface area contributed by atoms with Crippen LogP contribution in [0.25, 0.3) is 0 Å². The van der Waals surface area contributed by atoms with Gasteiger partial charge >= 0.3 is 0 Å². The highest BCUT2D eigenvalue weighted by Gasteiger charge is 2.18. The lowest BCUT2D eigenvalue weighted by molar-refractivity contribution is -0.122. The number of benzene rings is 1. The van der Waals surface area contributed by atoms with E-state index in [1.165, 1.54) is 26.3 Å². The van der Waals surface area contributed by atoms with Gasteiger partial charge in [0.1, 0.15) is 6.04 Å². The monoisotopic (exact) mass is 226 g/mol. The van der Waals surface area contributed by atoms with Crippen molar-refractivity contribution in [2.24, 2.45) is 0 Å². The second kappa shape index (κ2) is 5.46. The number of methoxy groups -OCH3 is 1. The Bertz CT molecular complexity index is 382. The van der Waals surface area contributed by atoms with Gasteiger partial charge < -0.3 is 15.4 Å². The number of halogens is 1. The van der Waals surface area contributed by atoms with E-state index in [1.807, 2.05) is 0 Å². The first kappa shape index (κ1) is 12.4. The molecule has 0 aliphatic rings. The minimum Gasteiger partial charge on any atom is -0.494 e. The number of amides is 1. The first-order valence-corrected chi connectivity index (χ1v) is 4.86. The third-order valence-electron chi connectivity index (χ3n) is 2.31. The van der Waals surface area contributed by atoms with Crippen molar-refractivity contribution in [1.82, 2.24) is 10.6 Å². The third kappa shape index (κ3) is 2.49. The van der Waals surface area contributed by atoms with Crippen molar-refractivity contribution in [3.8, 4) is 5.75 Å². The summed E-state index contributed by atoms with van der Waals surface area (Å²) in [6, 6.07) is 3.87. The van der Waals surface area contributed by atoms with E-state index in [0.29, 0.717) is 5.56 Å². The Morgan fingerprint density at radius 3 is 2.56 bits per heavy atom. The predicted octanol–water partition coefficient (Wildman–Crippen LogP) is 0.841. The summed E-state index contributed by atoms with van der Waals surface area (Å²) in [5.41, 5.74) is 0.556. The molecule has 0 radical (unpaired) electrons. The van der Waals surface area contributed by atoms with Gasteiger partial charge in [0.15, 0.2) is 11.6 Å². The zero-order chi connectivity index (χ0) is 12.1. The van der Waals surface area contributed by atoms with Gasteiger partial charge in [0.05, 0.1) is 7.11 Å². The molecule has 1 aromatic carbocycles. The molecule has 0 fully saturated rings. The van der Waals surface area contributed by atoms with Crippen LogP contribution in [0.2, 0.25) is 0 Å². The van der Waals surface area contributed by atoms with E-state index in [9.17, 15) is 9.18 Å². The molecule has 1 aromatic rings. The molecule has 0 saturated heterocycles. The topological polar surface area (TPSA) is 50.4 Å². The molecule has 1 atom stereocenters. The fraction of sp³-hybridized carbons (Fsp3) is 0.364. The van der Waals surface area contributed by atoms with Gasteiger partial charge in [-0.2, -0.15) is 0 Å². The normalized spacial score (nSPS) is 12.0. The van der Waals surface area contributed by atoms with E-state index in [0.717, 1.165) is 0 Å². The number of rotatable bonds is 4. The van der Waals surface area contributed by atoms with E-state index in [2.05, 4.69) is 10.6 Å². The number of hydrogen-bond acceptors (Lipinski definition) is 3. The summed E-state index contributed by atoms with van der Waals surface area (Å²) >= 11 is 0. The standard InChI is InChI=1S/C11H15FN2O2/c1-13-10(11(15)14-2)7-4-5-9(16-3)8(12)6-7/h4-6,10,13H,1-3H3,(H,14,15). The molecule has 0 spiro atoms. The van der Waals surface area contributed by atoms with Crippen LogP contribution in [0.3, 0.4) is 0 Å². The van der Waals surface area contributed by atoms with Crippen molar-refractivity contribution >= 4 is 5.91 Å². The van der Waals surface area contributed by atoms with Gasteiger partial charge in [0, 0.05) is 7.05 Å². The lowest BCUT2D eigenvalue weighted by Gasteiger charge is -2.15. The van der Waals surface area contributed by atoms with Crippen LogP contribution in [0.1, 0.15) is 11.6 Å². The lowest BCUT2D eigenvalue weighted by atomic mass is 10.1. The van der Waals surface area contributed by atoms with Crippen LogP contribution >= 0.6 is 0 Å². The summed E-state index contributed by atoms with van der Waals surface area (Å²) in [4.78, 5) is 11.5. The van der Waals surface area contributed by atoms with Gasteiger partial charge in [-0.25, -0.2) is 4.39 Å². The summed E-state index contributed by atoms with van der Waals surface area (Å²) in [5, 5.41) is 5.32. The van der Waals surface area contributed by atoms with E-state index in [4.69, 9.17) is 4.74 Å². The van der Waals surface area contributed by atoms with Crippen molar-refractivity contribution in [1.29, 1.82) is 0 Å². The average molecular weight is 226 g/mol. The van der Waals surface area contributed by atoms with Crippen LogP contribution < -0.4 is 15.4 Å². The van der Waals surface area contributed by atoms with Crippen molar-refractivity contribution in [2.75, 3.05) is 21.2 Å². The van der Waals surface area contributed by atoms with Crippen LogP contribution in [0.15, 0.2) is 18.2 Å². The van der Waals surface area contributed by atoms with Gasteiger partial charge in [0.25, 0.3) is 0 Å². The van der Waals surface area contributed by atoms with Crippen molar-refractivity contribution in [3.05, 3.63) is 29.6 Å². The van der Waals surface area contributed by atoms with Gasteiger partial charge in [-0.05, 0) is 24.7 Å². The summed E-state index contributed by atoms with van der Waals surface area (Å²) in [5.74, 6) is -0.535. The van der Waals surface area contributed by atoms with Gasteiger partial charge in [-0.3, -0.25) is 4.79 Å². The number of ether oxygens (including phenoxy) is 1. The zero-order valence-corrected chi connectivity index (χ0v) is 9.50. The van der Waals surface area contributed by atoms with Gasteiger partial charge in [-0.1, -0.05) is 6.07 Å². The molecule has 4 nitrogen and oxygen atoms in total. The Hall–Kier alpha value is -1.62. The highest BCUT2D eigenvalue weighted by molar-refractivity contribution is 5.82. The summed E-state index contributed by atoms with van der Waals surface area (Å²) < 4.78 is 18.2. The van der Waals surface area contributed by atoms with E-state index < -0.39 is 11.9 Å². The highest BCUT2D eigenvalue weighted by atomic mass is 19.1. The Kier molecular flexibility index (Phi) is 4.25. The Balaban J connectivity index is 3.03. The molecule has 16 heavy (non-hydrogen) atoms. The molecule has 5 heteroatoms. The number of carbonyl (C=O) groups excluding carboxylic acids is 1. The SMILES string of the molecule is CNC(=O)C(NC)c1ccc(OC)c(F)c1. The zero-order valence-electron chi connectivity index (χ0n) is 9.50. The van der Waals surface area contributed by atoms with Gasteiger partial charge in [-0.15, -0.1) is 0 Å². The molecule has 0 saturated carbocycles. The van der Waals surface area contributed by atoms with E-state index >= 15 is 0 Å². The Labute approximate surface area is 93.8 Å². The molecule has 0 bridgehead atoms. The average Bonchev–Trinajstić information content (AvgIpc) is 2.30. The van der Waals surface area contributed by atoms with E-state index in [-0.39, 0.29) is 11.7 Å². The molecule has 2 N–H and O–H groups in total. The van der Waals surface area contributed by atoms with Crippen LogP contribution in [0.5, 0.6) is 5.75 Å². The largest absolute Gasteiger partial charge is 0.494 e. The molecule has 0 aromatic heterocycles. The lowest BCUT2D eigenvalue weighted by Crippen LogP contribution is -2.33. The summed E-state index contributed by atoms with van der Waals surface area (Å²) in [7, 11) is 4.57. The van der Waals surface area contributed by atoms with Crippen molar-refractivity contribution < 1.29 is 13.9 Å². The summed E-state index contributed by atoms with van der Waals surface area (Å²) in [6.07, 6.45) is 0. The van der Waals surface area contributed by atoms with E-state index in [1.54, 1.807) is 13.1 Å². The first-order chi connectivity index (χ1) is 7.63. The smallest absolute Gasteiger partial charge is 0.241 e. The minimum absolute atomic E-state index is 0.163. The van der Waals surface area contributed by atoms with Crippen molar-refractivity contribution in [3.63, 3.8) is 0 Å². The maximum Gasteiger partial charge on any atom is 0.241 e. The first-order valence-electron chi connectivity index (χ1n) is 4.86. The molecule has 0 heterocycles. The highest BCUT2D eigenvalue weighted by Crippen LogP contribution is 2.21. The van der Waals surface area contributed by atoms with Gasteiger partial charge in [0.2, 0.25) is 5.91 Å². The number of likely N-dealkylation sites (N-methyl/N-ethyl adjacent to an activating group) is 2. The maximum absolute atomic E-state index is 13.4. The fourth-order valence-corrected chi connectivity index (χ4v) is 1.46. The van der Waals surface area contributed by atoms with Crippen molar-refractivity contribution in [2.45, 2.75) is 6.04 Å². The summed E-state index contributed by atoms with van der Waals surface area (Å²) in [6.45, 7) is 0. The second-order valence-electron chi connectivity index (χ2n) is 3.23. The van der Waals surface area contributed by atoms with Crippen LogP contribution in [-0.2, 0) is 4.79 Å². The molecule has 1 unspecified atom stereocenters. The quantitative estimate of drug-likeness (QED) is 0.800. The molecular weight excluding hydrogens is 211 g/mol. The maximum atomic E-state index is 13.4. The number of nitrogens with one attached hydrogen (secondary N) is 2. The second-order valence-corrected chi connectivity index (χ2v) is 3.23. The number of hydrogen-bond donors (Lipinski definition) is 2. The van der Waals surface area contributed by atoms with Crippen LogP contribution in [0.4, 0.5) is 4.39 Å². The van der Waals surface area contributed by atoms with Crippen LogP contribution in [-0.4, -0.2) is 27.1 Å².